The summed E-state index contributed by atoms with van der Waals surface area (Å²) in [4.78, 5) is 5.05. The first-order valence-electron chi connectivity index (χ1n) is 23.1. The van der Waals surface area contributed by atoms with E-state index in [1.54, 1.807) is 6.92 Å². The highest BCUT2D eigenvalue weighted by Gasteiger charge is 2.29. The molecule has 31 nitrogen and oxygen atoms in total. The minimum atomic E-state index is -5.33. The first kappa shape index (κ1) is 62.7. The molecule has 3 aromatic heterocycles. The highest BCUT2D eigenvalue weighted by Crippen LogP contribution is 2.46. The molecular formula is C45H40N10O21S8. The van der Waals surface area contributed by atoms with Gasteiger partial charge in [0.15, 0.2) is 11.3 Å². The number of ether oxygens (including phenoxy) is 2. The molecule has 0 amide bonds. The average molecular weight is 1310 g/mol. The Labute approximate surface area is 484 Å². The molecule has 0 unspecified atom stereocenters. The number of imidazole rings is 1. The molecule has 0 fully saturated rings. The van der Waals surface area contributed by atoms with Gasteiger partial charge in [0.25, 0.3) is 60.7 Å². The van der Waals surface area contributed by atoms with Gasteiger partial charge in [-0.2, -0.15) is 60.9 Å². The van der Waals surface area contributed by atoms with E-state index in [2.05, 4.69) is 40.7 Å². The predicted molar refractivity (Wildman–Crippen MR) is 300 cm³/mol. The number of rotatable bonds is 21. The molecule has 0 spiro atoms. The van der Waals surface area contributed by atoms with Crippen molar-refractivity contribution < 1.29 is 92.4 Å². The summed E-state index contributed by atoms with van der Waals surface area (Å²) in [5.74, 6) is -2.07. The van der Waals surface area contributed by atoms with Crippen molar-refractivity contribution in [2.24, 2.45) is 30.7 Å². The van der Waals surface area contributed by atoms with E-state index in [4.69, 9.17) is 9.47 Å². The number of hydrogen-bond acceptors (Lipinski definition) is 26. The van der Waals surface area contributed by atoms with Gasteiger partial charge in [0.05, 0.1) is 56.4 Å². The summed E-state index contributed by atoms with van der Waals surface area (Å²) < 4.78 is 216. The van der Waals surface area contributed by atoms with Gasteiger partial charge in [-0.3, -0.25) is 31.7 Å². The Bertz CT molecular complexity index is 4970. The van der Waals surface area contributed by atoms with Gasteiger partial charge in [-0.1, -0.05) is 11.3 Å². The van der Waals surface area contributed by atoms with E-state index in [1.165, 1.54) is 45.2 Å². The number of azo groups is 3. The summed E-state index contributed by atoms with van der Waals surface area (Å²) in [6, 6.07) is 11.4. The number of aryl methyl sites for hydroxylation is 2. The minimum absolute atomic E-state index is 0.00326. The van der Waals surface area contributed by atoms with Crippen LogP contribution in [0.3, 0.4) is 0 Å². The minimum Gasteiger partial charge on any atom is -0.494 e. The third kappa shape index (κ3) is 13.8. The number of pyridine rings is 1. The summed E-state index contributed by atoms with van der Waals surface area (Å²) in [6.45, 7) is 4.15. The SMILES string of the molecule is COc1cc(N=Nc2cc(OCCCS(=O)(=O)O)c(N=Nc3c(C)c(C#N)c4nc5cc(S(=O)(=O)O)cc(C)c5n4c3O)cc2C)c(SCCCS(=O)(=O)O)cc1N=Nc1nc2c(S(=O)(=O)O)cc3c(S(=O)(=O)O)cc(S(=O)(=O)O)cc3c2s1. The van der Waals surface area contributed by atoms with Crippen LogP contribution in [0.15, 0.2) is 110 Å². The predicted octanol–water partition coefficient (Wildman–Crippen LogP) is 9.02. The number of hydrogen-bond donors (Lipinski definition) is 7. The second kappa shape index (κ2) is 23.3. The molecule has 0 aliphatic rings. The fraction of sp³-hybridized carbons (Fsp3) is 0.222. The standard InChI is InChI=1S/C45H40N10O21S8/c1-21-12-30(50-53-39-23(3)28(20-46)43-47-33-14-24(81(63,64)65)11-22(2)41(33)55(43)44(39)56)35(76-7-5-9-79(57,58)59)17-29(21)49-52-32-18-34(75-4)31(19-36(32)77-8-6-10-80(60,61)62)51-54-45-48-40-38(84(72,73)74)16-26-27(42(40)78-45)13-25(82(66,67)68)15-37(26)83(69,70)71/h11-19,56H,5-10H2,1-4H3,(H,57,58,59)(H,60,61,62)(H,63,64,65)(H,66,67,68)(H,69,70,71)(H,72,73,74). The van der Waals surface area contributed by atoms with Crippen molar-refractivity contribution in [1.82, 2.24) is 14.4 Å². The van der Waals surface area contributed by atoms with E-state index < -0.39 is 114 Å². The number of nitriles is 1. The number of aromatic nitrogens is 3. The monoisotopic (exact) mass is 1310 g/mol. The zero-order valence-corrected chi connectivity index (χ0v) is 49.6. The van der Waals surface area contributed by atoms with Crippen molar-refractivity contribution in [1.29, 1.82) is 5.26 Å². The van der Waals surface area contributed by atoms with Gasteiger partial charge >= 0.3 is 0 Å². The van der Waals surface area contributed by atoms with Gasteiger partial charge in [0.1, 0.15) is 55.5 Å². The number of methoxy groups -OCH3 is 1. The summed E-state index contributed by atoms with van der Waals surface area (Å²) in [6.07, 6.45) is -0.322. The van der Waals surface area contributed by atoms with Crippen LogP contribution in [0.25, 0.3) is 37.7 Å². The highest BCUT2D eigenvalue weighted by molar-refractivity contribution is 7.99. The van der Waals surface area contributed by atoms with Crippen LogP contribution < -0.4 is 9.47 Å². The molecule has 8 rings (SSSR count). The lowest BCUT2D eigenvalue weighted by Gasteiger charge is -2.12. The Morgan fingerprint density at radius 1 is 0.631 bits per heavy atom. The lowest BCUT2D eigenvalue weighted by Crippen LogP contribution is -2.08. The maximum absolute atomic E-state index is 12.6. The van der Waals surface area contributed by atoms with Gasteiger partial charge in [0.2, 0.25) is 11.0 Å². The molecule has 84 heavy (non-hydrogen) atoms. The smallest absolute Gasteiger partial charge is 0.296 e. The van der Waals surface area contributed by atoms with Crippen molar-refractivity contribution >= 4 is 155 Å². The van der Waals surface area contributed by atoms with Crippen molar-refractivity contribution in [3.8, 4) is 23.4 Å². The van der Waals surface area contributed by atoms with Gasteiger partial charge in [-0.05, 0) is 93.0 Å². The molecular weight excluding hydrogens is 1270 g/mol. The summed E-state index contributed by atoms with van der Waals surface area (Å²) >= 11 is 1.51. The number of aromatic hydroxyl groups is 1. The largest absolute Gasteiger partial charge is 0.494 e. The Kier molecular flexibility index (Phi) is 17.4. The molecule has 39 heteroatoms. The van der Waals surface area contributed by atoms with E-state index in [9.17, 15) is 88.2 Å². The molecule has 8 aromatic rings. The second-order valence-corrected chi connectivity index (χ2v) is 28.7. The van der Waals surface area contributed by atoms with Gasteiger partial charge < -0.3 is 14.6 Å². The molecule has 5 aromatic carbocycles. The van der Waals surface area contributed by atoms with Crippen molar-refractivity contribution in [3.63, 3.8) is 0 Å². The molecule has 3 heterocycles. The van der Waals surface area contributed by atoms with Crippen LogP contribution in [-0.4, -0.2) is 128 Å². The molecule has 0 aliphatic carbocycles. The third-order valence-corrected chi connectivity index (χ3v) is 19.1. The number of fused-ring (bicyclic) bond motifs is 6. The highest BCUT2D eigenvalue weighted by atomic mass is 32.2. The third-order valence-electron chi connectivity index (χ3n) is 12.0. The van der Waals surface area contributed by atoms with Crippen LogP contribution >= 0.6 is 23.1 Å². The summed E-state index contributed by atoms with van der Waals surface area (Å²) in [5, 5.41) is 46.3. The van der Waals surface area contributed by atoms with Crippen LogP contribution in [0.4, 0.5) is 33.6 Å². The molecule has 0 saturated carbocycles. The van der Waals surface area contributed by atoms with Gasteiger partial charge in [-0.25, -0.2) is 9.97 Å². The first-order chi connectivity index (χ1) is 39.0. The normalized spacial score (nSPS) is 13.2. The number of thiazole rings is 1. The van der Waals surface area contributed by atoms with Crippen molar-refractivity contribution in [2.45, 2.75) is 58.1 Å². The van der Waals surface area contributed by atoms with Crippen LogP contribution in [0.5, 0.6) is 17.4 Å². The molecule has 0 saturated heterocycles. The second-order valence-electron chi connectivity index (χ2n) is 17.8. The van der Waals surface area contributed by atoms with E-state index >= 15 is 0 Å². The van der Waals surface area contributed by atoms with Gasteiger partial charge in [0, 0.05) is 33.4 Å². The molecule has 444 valence electrons. The van der Waals surface area contributed by atoms with Crippen LogP contribution in [0.2, 0.25) is 0 Å². The summed E-state index contributed by atoms with van der Waals surface area (Å²) in [7, 11) is -28.0. The van der Waals surface area contributed by atoms with E-state index in [0.29, 0.717) is 29.0 Å². The number of benzene rings is 5. The fourth-order valence-electron chi connectivity index (χ4n) is 8.20. The van der Waals surface area contributed by atoms with E-state index in [-0.39, 0.29) is 113 Å². The molecule has 0 atom stereocenters. The van der Waals surface area contributed by atoms with E-state index in [1.807, 2.05) is 6.07 Å². The molecule has 7 N–H and O–H groups in total. The van der Waals surface area contributed by atoms with Crippen LogP contribution in [0, 0.1) is 32.1 Å². The Balaban J connectivity index is 1.21. The zero-order valence-electron chi connectivity index (χ0n) is 43.0. The molecule has 0 radical (unpaired) electrons. The quantitative estimate of drug-likeness (QED) is 0.0153. The number of nitrogens with zero attached hydrogens (tertiary/aromatic N) is 10. The maximum atomic E-state index is 12.6. The lowest BCUT2D eigenvalue weighted by molar-refractivity contribution is 0.317. The number of thioether (sulfide) groups is 1. The molecule has 0 aliphatic heterocycles. The van der Waals surface area contributed by atoms with Crippen LogP contribution in [0.1, 0.15) is 35.1 Å². The lowest BCUT2D eigenvalue weighted by atomic mass is 10.1. The van der Waals surface area contributed by atoms with Gasteiger partial charge in [-0.15, -0.1) is 37.3 Å². The summed E-state index contributed by atoms with van der Waals surface area (Å²) in [5.41, 5.74) is -0.184. The average Bonchev–Trinajstić information content (AvgIpc) is 2.87. The topological polar surface area (TPSA) is 493 Å². The Hall–Kier alpha value is -7.30. The van der Waals surface area contributed by atoms with Crippen LogP contribution in [-0.2, 0) is 60.7 Å². The maximum Gasteiger partial charge on any atom is 0.296 e. The zero-order chi connectivity index (χ0) is 61.8. The Morgan fingerprint density at radius 3 is 1.85 bits per heavy atom. The molecule has 0 bridgehead atoms. The first-order valence-corrected chi connectivity index (χ1v) is 33.9. The van der Waals surface area contributed by atoms with E-state index in [0.717, 1.165) is 34.4 Å². The van der Waals surface area contributed by atoms with Crippen molar-refractivity contribution in [2.75, 3.05) is 31.0 Å². The fourth-order valence-corrected chi connectivity index (χ4v) is 13.9. The van der Waals surface area contributed by atoms with Crippen molar-refractivity contribution in [3.05, 3.63) is 76.9 Å². The Morgan fingerprint density at radius 2 is 1.23 bits per heavy atom.